The molecule has 0 saturated heterocycles. The molecule has 7 nitrogen and oxygen atoms in total. The van der Waals surface area contributed by atoms with Gasteiger partial charge in [0.15, 0.2) is 0 Å². The van der Waals surface area contributed by atoms with Gasteiger partial charge >= 0.3 is 0 Å². The summed E-state index contributed by atoms with van der Waals surface area (Å²) < 4.78 is 0. The van der Waals surface area contributed by atoms with Gasteiger partial charge in [-0.2, -0.15) is 5.26 Å². The van der Waals surface area contributed by atoms with Crippen LogP contribution in [0.15, 0.2) is 18.2 Å². The van der Waals surface area contributed by atoms with E-state index in [2.05, 4.69) is 16.6 Å². The first-order valence-corrected chi connectivity index (χ1v) is 5.21. The van der Waals surface area contributed by atoms with Gasteiger partial charge < -0.3 is 10.6 Å². The maximum atomic E-state index is 11.3. The van der Waals surface area contributed by atoms with Crippen LogP contribution < -0.4 is 10.6 Å². The van der Waals surface area contributed by atoms with Crippen molar-refractivity contribution in [1.82, 2.24) is 5.32 Å². The van der Waals surface area contributed by atoms with Crippen molar-refractivity contribution in [3.05, 3.63) is 33.9 Å². The number of hydrogen-bond donors (Lipinski definition) is 2. The normalized spacial score (nSPS) is 8.95. The molecule has 2 N–H and O–H groups in total. The number of amides is 1. The summed E-state index contributed by atoms with van der Waals surface area (Å²) >= 11 is 0. The quantitative estimate of drug-likeness (QED) is 0.457. The Kier molecular flexibility index (Phi) is 4.88. The Labute approximate surface area is 109 Å². The summed E-state index contributed by atoms with van der Waals surface area (Å²) in [4.78, 5) is 21.3. The first-order valence-electron chi connectivity index (χ1n) is 5.21. The molecular formula is C12H10N4O3. The average Bonchev–Trinajstić information content (AvgIpc) is 2.42. The fourth-order valence-electron chi connectivity index (χ4n) is 1.29. The molecule has 0 bridgehead atoms. The number of terminal acetylenes is 1. The van der Waals surface area contributed by atoms with E-state index in [1.807, 2.05) is 0 Å². The third-order valence-corrected chi connectivity index (χ3v) is 2.15. The molecule has 0 aliphatic rings. The summed E-state index contributed by atoms with van der Waals surface area (Å²) in [6.07, 6.45) is 4.98. The number of nitro benzene ring substituents is 1. The molecule has 1 amide bonds. The second kappa shape index (κ2) is 6.62. The predicted molar refractivity (Wildman–Crippen MR) is 68.1 cm³/mol. The third-order valence-electron chi connectivity index (χ3n) is 2.15. The molecule has 0 fully saturated rings. The number of hydrogen-bond acceptors (Lipinski definition) is 5. The number of carbonyl (C=O) groups excluding carboxylic acids is 1. The molecule has 0 saturated carbocycles. The predicted octanol–water partition coefficient (Wildman–Crippen LogP) is 0.628. The van der Waals surface area contributed by atoms with Gasteiger partial charge in [-0.25, -0.2) is 0 Å². The van der Waals surface area contributed by atoms with Crippen LogP contribution in [0.5, 0.6) is 0 Å². The van der Waals surface area contributed by atoms with Gasteiger partial charge in [0.2, 0.25) is 5.91 Å². The Morgan fingerprint density at radius 2 is 2.26 bits per heavy atom. The summed E-state index contributed by atoms with van der Waals surface area (Å²) in [5.74, 6) is 1.95. The number of nitrogens with zero attached hydrogens (tertiary/aromatic N) is 2. The van der Waals surface area contributed by atoms with Crippen molar-refractivity contribution in [2.24, 2.45) is 0 Å². The zero-order valence-corrected chi connectivity index (χ0v) is 9.84. The van der Waals surface area contributed by atoms with E-state index in [0.717, 1.165) is 0 Å². The summed E-state index contributed by atoms with van der Waals surface area (Å²) in [7, 11) is 0. The minimum Gasteiger partial charge on any atom is -0.376 e. The van der Waals surface area contributed by atoms with Crippen molar-refractivity contribution in [2.45, 2.75) is 0 Å². The number of anilines is 1. The van der Waals surface area contributed by atoms with Crippen molar-refractivity contribution < 1.29 is 9.72 Å². The van der Waals surface area contributed by atoms with Gasteiger partial charge in [-0.05, 0) is 12.1 Å². The number of nitrogens with one attached hydrogen (secondary N) is 2. The molecule has 1 aromatic carbocycles. The molecule has 0 heterocycles. The summed E-state index contributed by atoms with van der Waals surface area (Å²) in [6.45, 7) is 0.0918. The maximum Gasteiger partial charge on any atom is 0.287 e. The average molecular weight is 258 g/mol. The van der Waals surface area contributed by atoms with Crippen molar-refractivity contribution in [2.75, 3.05) is 18.4 Å². The third kappa shape index (κ3) is 4.02. The lowest BCUT2D eigenvalue weighted by molar-refractivity contribution is -0.385. The van der Waals surface area contributed by atoms with Crippen LogP contribution in [-0.2, 0) is 4.79 Å². The molecule has 0 radical (unpaired) electrons. The first-order chi connectivity index (χ1) is 9.08. The van der Waals surface area contributed by atoms with Crippen LogP contribution in [0.3, 0.4) is 0 Å². The molecule has 0 atom stereocenters. The van der Waals surface area contributed by atoms with Crippen molar-refractivity contribution in [3.63, 3.8) is 0 Å². The monoisotopic (exact) mass is 258 g/mol. The van der Waals surface area contributed by atoms with Gasteiger partial charge in [-0.15, -0.1) is 6.42 Å². The highest BCUT2D eigenvalue weighted by Gasteiger charge is 2.13. The van der Waals surface area contributed by atoms with E-state index in [1.54, 1.807) is 6.07 Å². The first kappa shape index (κ1) is 14.0. The zero-order chi connectivity index (χ0) is 14.3. The molecule has 1 rings (SSSR count). The molecule has 0 aromatic heterocycles. The second-order valence-electron chi connectivity index (χ2n) is 3.44. The fraction of sp³-hybridized carbons (Fsp3) is 0.167. The minimum absolute atomic E-state index is 0.0373. The van der Waals surface area contributed by atoms with Gasteiger partial charge in [0.1, 0.15) is 11.6 Å². The lowest BCUT2D eigenvalue weighted by atomic mass is 10.2. The van der Waals surface area contributed by atoms with E-state index >= 15 is 0 Å². The van der Waals surface area contributed by atoms with E-state index in [-0.39, 0.29) is 30.2 Å². The van der Waals surface area contributed by atoms with E-state index < -0.39 is 4.92 Å². The zero-order valence-electron chi connectivity index (χ0n) is 9.84. The molecule has 19 heavy (non-hydrogen) atoms. The highest BCUT2D eigenvalue weighted by molar-refractivity contribution is 5.81. The lowest BCUT2D eigenvalue weighted by Crippen LogP contribution is -2.29. The number of rotatable bonds is 5. The topological polar surface area (TPSA) is 108 Å². The summed E-state index contributed by atoms with van der Waals surface area (Å²) in [5, 5.41) is 24.6. The van der Waals surface area contributed by atoms with Crippen LogP contribution >= 0.6 is 0 Å². The number of carbonyl (C=O) groups is 1. The number of nitro groups is 1. The number of nitriles is 1. The van der Waals surface area contributed by atoms with Crippen molar-refractivity contribution in [3.8, 4) is 18.4 Å². The Bertz CT molecular complexity index is 584. The van der Waals surface area contributed by atoms with Crippen LogP contribution in [0.2, 0.25) is 0 Å². The molecule has 1 aromatic rings. The molecular weight excluding hydrogens is 248 g/mol. The highest BCUT2D eigenvalue weighted by Crippen LogP contribution is 2.21. The Balaban J connectivity index is 2.71. The fourth-order valence-corrected chi connectivity index (χ4v) is 1.29. The maximum absolute atomic E-state index is 11.3. The molecule has 0 aliphatic carbocycles. The van der Waals surface area contributed by atoms with Crippen molar-refractivity contribution in [1.29, 1.82) is 5.26 Å². The number of benzene rings is 1. The van der Waals surface area contributed by atoms with Gasteiger partial charge in [0.05, 0.1) is 18.0 Å². The smallest absolute Gasteiger partial charge is 0.287 e. The van der Waals surface area contributed by atoms with Crippen LogP contribution in [-0.4, -0.2) is 23.9 Å². The van der Waals surface area contributed by atoms with Gasteiger partial charge in [-0.1, -0.05) is 5.92 Å². The molecule has 96 valence electrons. The van der Waals surface area contributed by atoms with Crippen LogP contribution in [0.1, 0.15) is 5.56 Å². The summed E-state index contributed by atoms with van der Waals surface area (Å²) in [5.41, 5.74) is 0.0990. The van der Waals surface area contributed by atoms with Crippen molar-refractivity contribution >= 4 is 17.3 Å². The van der Waals surface area contributed by atoms with Crippen LogP contribution in [0, 0.1) is 33.8 Å². The molecule has 0 spiro atoms. The largest absolute Gasteiger partial charge is 0.376 e. The second-order valence-corrected chi connectivity index (χ2v) is 3.44. The lowest BCUT2D eigenvalue weighted by Gasteiger charge is -2.06. The highest BCUT2D eigenvalue weighted by atomic mass is 16.6. The molecule has 7 heteroatoms. The summed E-state index contributed by atoms with van der Waals surface area (Å²) in [6, 6.07) is 5.68. The van der Waals surface area contributed by atoms with Gasteiger partial charge in [0.25, 0.3) is 5.69 Å². The van der Waals surface area contributed by atoms with E-state index in [1.165, 1.54) is 18.2 Å². The SMILES string of the molecule is C#CCNC(=O)CNc1ccc([N+](=O)[O-])c(C#N)c1. The van der Waals surface area contributed by atoms with E-state index in [4.69, 9.17) is 11.7 Å². The van der Waals surface area contributed by atoms with Gasteiger partial charge in [-0.3, -0.25) is 14.9 Å². The van der Waals surface area contributed by atoms with Crippen LogP contribution in [0.25, 0.3) is 0 Å². The minimum atomic E-state index is -0.637. The Morgan fingerprint density at radius 1 is 1.53 bits per heavy atom. The Morgan fingerprint density at radius 3 is 2.84 bits per heavy atom. The molecule has 0 aliphatic heterocycles. The standard InChI is InChI=1S/C12H10N4O3/c1-2-5-14-12(17)8-15-10-3-4-11(16(18)19)9(6-10)7-13/h1,3-4,6,15H,5,8H2,(H,14,17). The Hall–Kier alpha value is -3.06. The van der Waals surface area contributed by atoms with Crippen LogP contribution in [0.4, 0.5) is 11.4 Å². The van der Waals surface area contributed by atoms with E-state index in [9.17, 15) is 14.9 Å². The molecule has 0 unspecified atom stereocenters. The van der Waals surface area contributed by atoms with E-state index in [0.29, 0.717) is 5.69 Å². The van der Waals surface area contributed by atoms with Gasteiger partial charge in [0, 0.05) is 11.8 Å².